The lowest BCUT2D eigenvalue weighted by Gasteiger charge is -2.17. The molecule has 23 heavy (non-hydrogen) atoms. The maximum absolute atomic E-state index is 5.71. The zero-order chi connectivity index (χ0) is 17.6. The first-order chi connectivity index (χ1) is 10.7. The molecule has 0 atom stereocenters. The molecule has 0 aromatic carbocycles. The third-order valence-electron chi connectivity index (χ3n) is 2.68. The number of hydrogen-bond acceptors (Lipinski definition) is 5. The minimum absolute atomic E-state index is 0.678. The summed E-state index contributed by atoms with van der Waals surface area (Å²) in [5.41, 5.74) is 0. The van der Waals surface area contributed by atoms with Crippen molar-refractivity contribution in [1.82, 2.24) is 0 Å². The lowest BCUT2D eigenvalue weighted by molar-refractivity contribution is 0.0499. The van der Waals surface area contributed by atoms with Crippen LogP contribution in [0.5, 0.6) is 0 Å². The third kappa shape index (κ3) is 22.2. The molecule has 140 valence electrons. The summed E-state index contributed by atoms with van der Waals surface area (Å²) in [7, 11) is -2.78. The van der Waals surface area contributed by atoms with Gasteiger partial charge in [-0.05, 0) is 52.1 Å². The smallest absolute Gasteiger partial charge is 0.183 e. The molecule has 0 saturated carbocycles. The number of hydrogen-bond donors (Lipinski definition) is 0. The van der Waals surface area contributed by atoms with Crippen LogP contribution in [0.15, 0.2) is 0 Å². The van der Waals surface area contributed by atoms with E-state index in [1.54, 1.807) is 0 Å². The molecule has 0 aromatic heterocycles. The molecule has 0 aliphatic rings. The summed E-state index contributed by atoms with van der Waals surface area (Å²) in [6.45, 7) is 18.8. The summed E-state index contributed by atoms with van der Waals surface area (Å²) < 4.78 is 28.0. The quantitative estimate of drug-likeness (QED) is 0.309. The molecule has 7 heteroatoms. The van der Waals surface area contributed by atoms with E-state index in [0.717, 1.165) is 39.3 Å². The first-order valence-corrected chi connectivity index (χ1v) is 15.5. The van der Waals surface area contributed by atoms with Gasteiger partial charge in [0.25, 0.3) is 0 Å². The maximum Gasteiger partial charge on any atom is 0.183 e. The fourth-order valence-electron chi connectivity index (χ4n) is 1.65. The standard InChI is InChI=1S/C16H38O5Si2/c1-22(2,3)20-15-13-18-11-7-9-17-10-8-12-19-14-16-21-23(4,5)6/h7-16H2,1-6H3. The molecule has 0 aliphatic heterocycles. The van der Waals surface area contributed by atoms with Gasteiger partial charge in [-0.3, -0.25) is 0 Å². The molecule has 0 aliphatic carbocycles. The van der Waals surface area contributed by atoms with Crippen molar-refractivity contribution in [2.45, 2.75) is 52.1 Å². The highest BCUT2D eigenvalue weighted by molar-refractivity contribution is 6.70. The van der Waals surface area contributed by atoms with Gasteiger partial charge in [-0.1, -0.05) is 0 Å². The van der Waals surface area contributed by atoms with Gasteiger partial charge < -0.3 is 23.1 Å². The molecule has 0 spiro atoms. The highest BCUT2D eigenvalue weighted by Crippen LogP contribution is 2.02. The molecular weight excluding hydrogens is 328 g/mol. The van der Waals surface area contributed by atoms with E-state index < -0.39 is 16.6 Å². The Morgan fingerprint density at radius 2 is 0.739 bits per heavy atom. The van der Waals surface area contributed by atoms with Crippen LogP contribution < -0.4 is 0 Å². The maximum atomic E-state index is 5.71. The Morgan fingerprint density at radius 3 is 1.04 bits per heavy atom. The van der Waals surface area contributed by atoms with Crippen LogP contribution in [0, 0.1) is 0 Å². The molecule has 0 fully saturated rings. The van der Waals surface area contributed by atoms with Crippen molar-refractivity contribution in [3.05, 3.63) is 0 Å². The Kier molecular flexibility index (Phi) is 13.7. The summed E-state index contributed by atoms with van der Waals surface area (Å²) in [5.74, 6) is 0. The Morgan fingerprint density at radius 1 is 0.435 bits per heavy atom. The Balaban J connectivity index is 3.08. The van der Waals surface area contributed by atoms with Crippen LogP contribution in [0.3, 0.4) is 0 Å². The van der Waals surface area contributed by atoms with E-state index in [1.165, 1.54) is 0 Å². The second kappa shape index (κ2) is 13.5. The summed E-state index contributed by atoms with van der Waals surface area (Å²) in [6.07, 6.45) is 1.86. The van der Waals surface area contributed by atoms with E-state index in [1.807, 2.05) is 0 Å². The van der Waals surface area contributed by atoms with E-state index in [9.17, 15) is 0 Å². The molecule has 0 heterocycles. The Labute approximate surface area is 145 Å². The second-order valence-electron chi connectivity index (χ2n) is 7.47. The minimum atomic E-state index is -1.39. The highest BCUT2D eigenvalue weighted by atomic mass is 28.4. The topological polar surface area (TPSA) is 46.2 Å². The van der Waals surface area contributed by atoms with Gasteiger partial charge in [-0.15, -0.1) is 0 Å². The molecule has 0 unspecified atom stereocenters. The van der Waals surface area contributed by atoms with Crippen LogP contribution in [0.1, 0.15) is 12.8 Å². The Hall–Kier alpha value is 0.234. The van der Waals surface area contributed by atoms with E-state index in [4.69, 9.17) is 23.1 Å². The largest absolute Gasteiger partial charge is 0.415 e. The predicted octanol–water partition coefficient (Wildman–Crippen LogP) is 3.52. The SMILES string of the molecule is C[Si](C)(C)OCCOCCCOCCCOCCO[Si](C)(C)C. The van der Waals surface area contributed by atoms with Gasteiger partial charge in [0.1, 0.15) is 0 Å². The van der Waals surface area contributed by atoms with Gasteiger partial charge >= 0.3 is 0 Å². The van der Waals surface area contributed by atoms with Crippen LogP contribution >= 0.6 is 0 Å². The molecule has 0 saturated heterocycles. The third-order valence-corrected chi connectivity index (χ3v) is 4.82. The van der Waals surface area contributed by atoms with Gasteiger partial charge in [0.05, 0.1) is 26.4 Å². The van der Waals surface area contributed by atoms with Gasteiger partial charge in [0.15, 0.2) is 16.6 Å². The molecule has 0 amide bonds. The van der Waals surface area contributed by atoms with Crippen molar-refractivity contribution in [2.75, 3.05) is 52.9 Å². The van der Waals surface area contributed by atoms with Crippen LogP contribution in [0.2, 0.25) is 39.3 Å². The fourth-order valence-corrected chi connectivity index (χ4v) is 3.04. The van der Waals surface area contributed by atoms with E-state index in [2.05, 4.69) is 39.3 Å². The average molecular weight is 367 g/mol. The predicted molar refractivity (Wildman–Crippen MR) is 100 cm³/mol. The van der Waals surface area contributed by atoms with Crippen molar-refractivity contribution in [2.24, 2.45) is 0 Å². The first kappa shape index (κ1) is 23.2. The zero-order valence-corrected chi connectivity index (χ0v) is 18.1. The molecule has 0 bridgehead atoms. The summed E-state index contributed by atoms with van der Waals surface area (Å²) in [5, 5.41) is 0. The van der Waals surface area contributed by atoms with Crippen molar-refractivity contribution < 1.29 is 23.1 Å². The second-order valence-corrected chi connectivity index (χ2v) is 16.5. The lowest BCUT2D eigenvalue weighted by atomic mass is 10.4. The van der Waals surface area contributed by atoms with E-state index >= 15 is 0 Å². The van der Waals surface area contributed by atoms with Crippen LogP contribution in [-0.4, -0.2) is 69.5 Å². The minimum Gasteiger partial charge on any atom is -0.415 e. The lowest BCUT2D eigenvalue weighted by Crippen LogP contribution is -2.27. The zero-order valence-electron chi connectivity index (χ0n) is 16.1. The van der Waals surface area contributed by atoms with Crippen LogP contribution in [-0.2, 0) is 23.1 Å². The van der Waals surface area contributed by atoms with Crippen LogP contribution in [0.4, 0.5) is 0 Å². The average Bonchev–Trinajstić information content (AvgIpc) is 2.40. The molecule has 0 aromatic rings. The molecule has 0 rings (SSSR count). The number of ether oxygens (including phenoxy) is 3. The molecule has 0 radical (unpaired) electrons. The highest BCUT2D eigenvalue weighted by Gasteiger charge is 2.13. The monoisotopic (exact) mass is 366 g/mol. The fraction of sp³-hybridized carbons (Fsp3) is 1.00. The van der Waals surface area contributed by atoms with Gasteiger partial charge in [0, 0.05) is 26.4 Å². The normalized spacial score (nSPS) is 12.8. The summed E-state index contributed by atoms with van der Waals surface area (Å²) >= 11 is 0. The summed E-state index contributed by atoms with van der Waals surface area (Å²) in [6, 6.07) is 0. The van der Waals surface area contributed by atoms with Crippen molar-refractivity contribution in [3.63, 3.8) is 0 Å². The first-order valence-electron chi connectivity index (χ1n) is 8.72. The summed E-state index contributed by atoms with van der Waals surface area (Å²) in [4.78, 5) is 0. The Bertz CT molecular complexity index is 238. The van der Waals surface area contributed by atoms with Crippen molar-refractivity contribution in [3.8, 4) is 0 Å². The van der Waals surface area contributed by atoms with Gasteiger partial charge in [-0.25, -0.2) is 0 Å². The number of rotatable bonds is 16. The van der Waals surface area contributed by atoms with E-state index in [0.29, 0.717) is 26.4 Å². The molecule has 0 N–H and O–H groups in total. The molecule has 5 nitrogen and oxygen atoms in total. The van der Waals surface area contributed by atoms with Gasteiger partial charge in [-0.2, -0.15) is 0 Å². The van der Waals surface area contributed by atoms with Crippen molar-refractivity contribution in [1.29, 1.82) is 0 Å². The van der Waals surface area contributed by atoms with Crippen molar-refractivity contribution >= 4 is 16.6 Å². The van der Waals surface area contributed by atoms with E-state index in [-0.39, 0.29) is 0 Å². The molecular formula is C16H38O5Si2. The van der Waals surface area contributed by atoms with Gasteiger partial charge in [0.2, 0.25) is 0 Å². The van der Waals surface area contributed by atoms with Crippen LogP contribution in [0.25, 0.3) is 0 Å².